The molecule has 0 aliphatic heterocycles. The maximum atomic E-state index is 11.8. The second-order valence-electron chi connectivity index (χ2n) is 5.20. The van der Waals surface area contributed by atoms with E-state index < -0.39 is 0 Å². The van der Waals surface area contributed by atoms with E-state index in [9.17, 15) is 4.79 Å². The van der Waals surface area contributed by atoms with Crippen molar-refractivity contribution in [3.63, 3.8) is 0 Å². The highest BCUT2D eigenvalue weighted by molar-refractivity contribution is 7.99. The van der Waals surface area contributed by atoms with Crippen molar-refractivity contribution in [2.45, 2.75) is 33.1 Å². The first-order chi connectivity index (χ1) is 10.0. The SMILES string of the molecule is Cc1cccc(CSCC(=O)NCc2cc(C)oc2C)c1. The average Bonchev–Trinajstić information content (AvgIpc) is 2.75. The van der Waals surface area contributed by atoms with Crippen molar-refractivity contribution < 1.29 is 9.21 Å². The van der Waals surface area contributed by atoms with E-state index in [-0.39, 0.29) is 5.91 Å². The number of carbonyl (C=O) groups is 1. The van der Waals surface area contributed by atoms with Gasteiger partial charge in [-0.15, -0.1) is 11.8 Å². The van der Waals surface area contributed by atoms with Crippen LogP contribution in [0.5, 0.6) is 0 Å². The van der Waals surface area contributed by atoms with Crippen molar-refractivity contribution in [1.29, 1.82) is 0 Å². The van der Waals surface area contributed by atoms with E-state index in [4.69, 9.17) is 4.42 Å². The molecular weight excluding hydrogens is 282 g/mol. The Morgan fingerprint density at radius 1 is 1.24 bits per heavy atom. The third kappa shape index (κ3) is 4.97. The van der Waals surface area contributed by atoms with Crippen molar-refractivity contribution in [2.75, 3.05) is 5.75 Å². The van der Waals surface area contributed by atoms with Crippen molar-refractivity contribution >= 4 is 17.7 Å². The van der Waals surface area contributed by atoms with Crippen LogP contribution in [0.25, 0.3) is 0 Å². The van der Waals surface area contributed by atoms with Gasteiger partial charge in [0.15, 0.2) is 0 Å². The first-order valence-corrected chi connectivity index (χ1v) is 8.16. The van der Waals surface area contributed by atoms with Gasteiger partial charge in [0.25, 0.3) is 0 Å². The molecule has 0 unspecified atom stereocenters. The Balaban J connectivity index is 1.71. The van der Waals surface area contributed by atoms with Gasteiger partial charge < -0.3 is 9.73 Å². The van der Waals surface area contributed by atoms with Gasteiger partial charge in [-0.05, 0) is 32.4 Å². The monoisotopic (exact) mass is 303 g/mol. The molecule has 2 rings (SSSR count). The van der Waals surface area contributed by atoms with Crippen LogP contribution in [0.3, 0.4) is 0 Å². The molecule has 1 amide bonds. The Morgan fingerprint density at radius 2 is 2.05 bits per heavy atom. The summed E-state index contributed by atoms with van der Waals surface area (Å²) < 4.78 is 5.44. The highest BCUT2D eigenvalue weighted by Gasteiger charge is 2.07. The summed E-state index contributed by atoms with van der Waals surface area (Å²) in [7, 11) is 0. The fourth-order valence-electron chi connectivity index (χ4n) is 2.17. The smallest absolute Gasteiger partial charge is 0.230 e. The molecule has 0 aliphatic carbocycles. The molecule has 1 aromatic heterocycles. The largest absolute Gasteiger partial charge is 0.466 e. The highest BCUT2D eigenvalue weighted by atomic mass is 32.2. The fourth-order valence-corrected chi connectivity index (χ4v) is 2.97. The molecule has 1 N–H and O–H groups in total. The summed E-state index contributed by atoms with van der Waals surface area (Å²) in [6.07, 6.45) is 0. The number of amides is 1. The molecule has 0 fully saturated rings. The number of furan rings is 1. The van der Waals surface area contributed by atoms with Gasteiger partial charge >= 0.3 is 0 Å². The summed E-state index contributed by atoms with van der Waals surface area (Å²) in [5, 5.41) is 2.93. The Bertz CT molecular complexity index is 619. The lowest BCUT2D eigenvalue weighted by Crippen LogP contribution is -2.24. The average molecular weight is 303 g/mol. The summed E-state index contributed by atoms with van der Waals surface area (Å²) in [5.41, 5.74) is 3.56. The van der Waals surface area contributed by atoms with E-state index in [2.05, 4.69) is 36.5 Å². The molecule has 1 aromatic carbocycles. The minimum atomic E-state index is 0.0610. The summed E-state index contributed by atoms with van der Waals surface area (Å²) in [4.78, 5) is 11.8. The van der Waals surface area contributed by atoms with Crippen LogP contribution in [-0.4, -0.2) is 11.7 Å². The minimum Gasteiger partial charge on any atom is -0.466 e. The first kappa shape index (κ1) is 15.7. The van der Waals surface area contributed by atoms with Gasteiger partial charge in [-0.2, -0.15) is 0 Å². The minimum absolute atomic E-state index is 0.0610. The van der Waals surface area contributed by atoms with Crippen LogP contribution in [0.15, 0.2) is 34.7 Å². The number of aryl methyl sites for hydroxylation is 3. The van der Waals surface area contributed by atoms with E-state index in [1.807, 2.05) is 19.9 Å². The van der Waals surface area contributed by atoms with Gasteiger partial charge in [0.2, 0.25) is 5.91 Å². The zero-order chi connectivity index (χ0) is 15.2. The van der Waals surface area contributed by atoms with Gasteiger partial charge in [-0.1, -0.05) is 29.8 Å². The van der Waals surface area contributed by atoms with E-state index >= 15 is 0 Å². The molecule has 0 aliphatic rings. The molecule has 0 atom stereocenters. The topological polar surface area (TPSA) is 42.2 Å². The number of nitrogens with one attached hydrogen (secondary N) is 1. The maximum absolute atomic E-state index is 11.8. The normalized spacial score (nSPS) is 10.6. The lowest BCUT2D eigenvalue weighted by atomic mass is 10.2. The fraction of sp³-hybridized carbons (Fsp3) is 0.353. The number of thioether (sulfide) groups is 1. The Kier molecular flexibility index (Phi) is 5.51. The van der Waals surface area contributed by atoms with Crippen LogP contribution in [-0.2, 0) is 17.1 Å². The number of benzene rings is 1. The molecule has 0 saturated carbocycles. The Morgan fingerprint density at radius 3 is 2.71 bits per heavy atom. The molecule has 0 bridgehead atoms. The first-order valence-electron chi connectivity index (χ1n) is 7.00. The number of carbonyl (C=O) groups excluding carboxylic acids is 1. The Labute approximate surface area is 130 Å². The maximum Gasteiger partial charge on any atom is 0.230 e. The van der Waals surface area contributed by atoms with Crippen LogP contribution in [0.4, 0.5) is 0 Å². The van der Waals surface area contributed by atoms with Gasteiger partial charge in [0.1, 0.15) is 11.5 Å². The highest BCUT2D eigenvalue weighted by Crippen LogP contribution is 2.15. The zero-order valence-corrected chi connectivity index (χ0v) is 13.5. The number of hydrogen-bond donors (Lipinski definition) is 1. The predicted molar refractivity (Wildman–Crippen MR) is 87.4 cm³/mol. The standard InChI is InChI=1S/C17H21NO2S/c1-12-5-4-6-15(7-12)10-21-11-17(19)18-9-16-8-13(2)20-14(16)3/h4-8H,9-11H2,1-3H3,(H,18,19). The van der Waals surface area contributed by atoms with Crippen LogP contribution in [0.1, 0.15) is 28.2 Å². The quantitative estimate of drug-likeness (QED) is 0.883. The van der Waals surface area contributed by atoms with Crippen molar-refractivity contribution in [3.05, 3.63) is 58.5 Å². The zero-order valence-electron chi connectivity index (χ0n) is 12.7. The predicted octanol–water partition coefficient (Wildman–Crippen LogP) is 3.75. The van der Waals surface area contributed by atoms with E-state index in [0.717, 1.165) is 22.8 Å². The molecule has 2 aromatic rings. The van der Waals surface area contributed by atoms with Gasteiger partial charge in [0, 0.05) is 17.9 Å². The third-order valence-corrected chi connectivity index (χ3v) is 4.21. The van der Waals surface area contributed by atoms with Crippen molar-refractivity contribution in [1.82, 2.24) is 5.32 Å². The van der Waals surface area contributed by atoms with Gasteiger partial charge in [0.05, 0.1) is 5.75 Å². The van der Waals surface area contributed by atoms with Crippen molar-refractivity contribution in [2.24, 2.45) is 0 Å². The van der Waals surface area contributed by atoms with Crippen LogP contribution < -0.4 is 5.32 Å². The molecule has 0 saturated heterocycles. The molecule has 3 nitrogen and oxygen atoms in total. The van der Waals surface area contributed by atoms with Crippen LogP contribution in [0.2, 0.25) is 0 Å². The molecular formula is C17H21NO2S. The van der Waals surface area contributed by atoms with E-state index in [1.54, 1.807) is 11.8 Å². The summed E-state index contributed by atoms with van der Waals surface area (Å²) in [6, 6.07) is 10.3. The molecule has 0 spiro atoms. The van der Waals surface area contributed by atoms with Crippen LogP contribution in [0, 0.1) is 20.8 Å². The molecule has 112 valence electrons. The lowest BCUT2D eigenvalue weighted by Gasteiger charge is -2.05. The van der Waals surface area contributed by atoms with Gasteiger partial charge in [-0.25, -0.2) is 0 Å². The summed E-state index contributed by atoms with van der Waals surface area (Å²) in [6.45, 7) is 6.44. The third-order valence-electron chi connectivity index (χ3n) is 3.20. The summed E-state index contributed by atoms with van der Waals surface area (Å²) >= 11 is 1.63. The van der Waals surface area contributed by atoms with Crippen molar-refractivity contribution in [3.8, 4) is 0 Å². The molecule has 4 heteroatoms. The van der Waals surface area contributed by atoms with Gasteiger partial charge in [-0.3, -0.25) is 4.79 Å². The second-order valence-corrected chi connectivity index (χ2v) is 6.18. The van der Waals surface area contributed by atoms with E-state index in [1.165, 1.54) is 11.1 Å². The second kappa shape index (κ2) is 7.36. The molecule has 21 heavy (non-hydrogen) atoms. The number of hydrogen-bond acceptors (Lipinski definition) is 3. The Hall–Kier alpha value is -1.68. The summed E-state index contributed by atoms with van der Waals surface area (Å²) in [5.74, 6) is 3.15. The lowest BCUT2D eigenvalue weighted by molar-refractivity contribution is -0.118. The van der Waals surface area contributed by atoms with E-state index in [0.29, 0.717) is 12.3 Å². The molecule has 0 radical (unpaired) electrons. The van der Waals surface area contributed by atoms with Crippen LogP contribution >= 0.6 is 11.8 Å². The number of rotatable bonds is 6. The molecule has 1 heterocycles.